The number of aryl methyl sites for hydroxylation is 1. The van der Waals surface area contributed by atoms with E-state index in [0.717, 1.165) is 19.5 Å². The van der Waals surface area contributed by atoms with E-state index in [4.69, 9.17) is 5.73 Å². The molecule has 1 rings (SSSR count). The number of nitrogens with one attached hydrogen (secondary N) is 1. The summed E-state index contributed by atoms with van der Waals surface area (Å²) in [5.41, 5.74) is 8.14. The van der Waals surface area contributed by atoms with Crippen LogP contribution in [0.3, 0.4) is 0 Å². The van der Waals surface area contributed by atoms with Crippen molar-refractivity contribution in [3.05, 3.63) is 35.4 Å². The second kappa shape index (κ2) is 6.57. The summed E-state index contributed by atoms with van der Waals surface area (Å²) >= 11 is 0. The van der Waals surface area contributed by atoms with Crippen LogP contribution in [-0.2, 0) is 13.0 Å². The van der Waals surface area contributed by atoms with Gasteiger partial charge in [0.25, 0.3) is 0 Å². The van der Waals surface area contributed by atoms with E-state index in [-0.39, 0.29) is 0 Å². The first-order valence-corrected chi connectivity index (χ1v) is 5.35. The topological polar surface area (TPSA) is 38.0 Å². The SMILES string of the molecule is CCNCCCc1ccc(CN)cc1. The zero-order valence-electron chi connectivity index (χ0n) is 8.92. The predicted molar refractivity (Wildman–Crippen MR) is 61.2 cm³/mol. The van der Waals surface area contributed by atoms with Crippen molar-refractivity contribution in [2.75, 3.05) is 13.1 Å². The maximum Gasteiger partial charge on any atom is 0.0178 e. The quantitative estimate of drug-likeness (QED) is 0.673. The molecule has 14 heavy (non-hydrogen) atoms. The first kappa shape index (κ1) is 11.2. The van der Waals surface area contributed by atoms with E-state index in [1.807, 2.05) is 0 Å². The Morgan fingerprint density at radius 2 is 1.79 bits per heavy atom. The van der Waals surface area contributed by atoms with Crippen LogP contribution >= 0.6 is 0 Å². The van der Waals surface area contributed by atoms with E-state index >= 15 is 0 Å². The molecule has 2 nitrogen and oxygen atoms in total. The van der Waals surface area contributed by atoms with Crippen molar-refractivity contribution >= 4 is 0 Å². The highest BCUT2D eigenvalue weighted by Gasteiger charge is 1.93. The van der Waals surface area contributed by atoms with Gasteiger partial charge in [-0.25, -0.2) is 0 Å². The van der Waals surface area contributed by atoms with Crippen LogP contribution in [0.4, 0.5) is 0 Å². The molecule has 1 aromatic rings. The minimum absolute atomic E-state index is 0.637. The van der Waals surface area contributed by atoms with Gasteiger partial charge < -0.3 is 11.1 Å². The van der Waals surface area contributed by atoms with Crippen molar-refractivity contribution in [2.45, 2.75) is 26.3 Å². The lowest BCUT2D eigenvalue weighted by molar-refractivity contribution is 0.672. The van der Waals surface area contributed by atoms with Crippen LogP contribution in [0.2, 0.25) is 0 Å². The van der Waals surface area contributed by atoms with Gasteiger partial charge in [-0.15, -0.1) is 0 Å². The van der Waals surface area contributed by atoms with Crippen molar-refractivity contribution in [3.8, 4) is 0 Å². The molecule has 0 amide bonds. The molecule has 0 aliphatic rings. The van der Waals surface area contributed by atoms with Gasteiger partial charge in [0, 0.05) is 6.54 Å². The van der Waals surface area contributed by atoms with Crippen molar-refractivity contribution < 1.29 is 0 Å². The van der Waals surface area contributed by atoms with Gasteiger partial charge in [0.1, 0.15) is 0 Å². The molecule has 2 heteroatoms. The summed E-state index contributed by atoms with van der Waals surface area (Å²) in [7, 11) is 0. The van der Waals surface area contributed by atoms with E-state index < -0.39 is 0 Å². The molecule has 0 unspecified atom stereocenters. The molecule has 0 heterocycles. The molecule has 3 N–H and O–H groups in total. The fourth-order valence-electron chi connectivity index (χ4n) is 1.44. The van der Waals surface area contributed by atoms with Crippen LogP contribution in [0.5, 0.6) is 0 Å². The van der Waals surface area contributed by atoms with Crippen LogP contribution in [0.25, 0.3) is 0 Å². The van der Waals surface area contributed by atoms with Crippen LogP contribution in [-0.4, -0.2) is 13.1 Å². The normalized spacial score (nSPS) is 10.4. The molecular formula is C12H20N2. The zero-order valence-corrected chi connectivity index (χ0v) is 8.92. The number of rotatable bonds is 6. The molecule has 0 aliphatic carbocycles. The molecule has 0 saturated heterocycles. The summed E-state index contributed by atoms with van der Waals surface area (Å²) in [5.74, 6) is 0. The van der Waals surface area contributed by atoms with Gasteiger partial charge in [0.2, 0.25) is 0 Å². The summed E-state index contributed by atoms with van der Waals surface area (Å²) in [4.78, 5) is 0. The maximum absolute atomic E-state index is 5.53. The third kappa shape index (κ3) is 3.90. The fourth-order valence-corrected chi connectivity index (χ4v) is 1.44. The molecule has 0 bridgehead atoms. The molecule has 0 aromatic heterocycles. The van der Waals surface area contributed by atoms with Gasteiger partial charge >= 0.3 is 0 Å². The zero-order chi connectivity index (χ0) is 10.2. The van der Waals surface area contributed by atoms with Gasteiger partial charge in [-0.2, -0.15) is 0 Å². The molecule has 0 radical (unpaired) electrons. The van der Waals surface area contributed by atoms with Crippen LogP contribution in [0.1, 0.15) is 24.5 Å². The van der Waals surface area contributed by atoms with E-state index in [0.29, 0.717) is 6.54 Å². The second-order valence-corrected chi connectivity index (χ2v) is 3.48. The first-order chi connectivity index (χ1) is 6.86. The van der Waals surface area contributed by atoms with E-state index in [1.165, 1.54) is 17.5 Å². The largest absolute Gasteiger partial charge is 0.326 e. The average molecular weight is 192 g/mol. The minimum atomic E-state index is 0.637. The number of hydrogen-bond donors (Lipinski definition) is 2. The average Bonchev–Trinajstić information content (AvgIpc) is 2.25. The van der Waals surface area contributed by atoms with E-state index in [9.17, 15) is 0 Å². The monoisotopic (exact) mass is 192 g/mol. The summed E-state index contributed by atoms with van der Waals surface area (Å²) < 4.78 is 0. The van der Waals surface area contributed by atoms with Crippen LogP contribution in [0, 0.1) is 0 Å². The first-order valence-electron chi connectivity index (χ1n) is 5.35. The Kier molecular flexibility index (Phi) is 5.27. The number of hydrogen-bond acceptors (Lipinski definition) is 2. The molecule has 0 saturated carbocycles. The molecule has 1 aromatic carbocycles. The molecule has 0 atom stereocenters. The Morgan fingerprint density at radius 3 is 2.36 bits per heavy atom. The van der Waals surface area contributed by atoms with Gasteiger partial charge in [-0.05, 0) is 37.1 Å². The third-order valence-electron chi connectivity index (χ3n) is 2.33. The summed E-state index contributed by atoms with van der Waals surface area (Å²) in [6.07, 6.45) is 2.35. The molecule has 0 spiro atoms. The lowest BCUT2D eigenvalue weighted by Crippen LogP contribution is -2.14. The lowest BCUT2D eigenvalue weighted by atomic mass is 10.1. The van der Waals surface area contributed by atoms with Crippen molar-refractivity contribution in [3.63, 3.8) is 0 Å². The predicted octanol–water partition coefficient (Wildman–Crippen LogP) is 1.69. The highest BCUT2D eigenvalue weighted by Crippen LogP contribution is 2.05. The highest BCUT2D eigenvalue weighted by molar-refractivity contribution is 5.22. The number of nitrogens with two attached hydrogens (primary N) is 1. The van der Waals surface area contributed by atoms with Gasteiger partial charge in [0.15, 0.2) is 0 Å². The van der Waals surface area contributed by atoms with Crippen molar-refractivity contribution in [1.82, 2.24) is 5.32 Å². The number of benzene rings is 1. The van der Waals surface area contributed by atoms with Gasteiger partial charge in [0.05, 0.1) is 0 Å². The standard InChI is InChI=1S/C12H20N2/c1-2-14-9-3-4-11-5-7-12(10-13)8-6-11/h5-8,14H,2-4,9-10,13H2,1H3. The Labute approximate surface area is 86.5 Å². The Hall–Kier alpha value is -0.860. The van der Waals surface area contributed by atoms with Crippen molar-refractivity contribution in [2.24, 2.45) is 5.73 Å². The second-order valence-electron chi connectivity index (χ2n) is 3.48. The highest BCUT2D eigenvalue weighted by atomic mass is 14.8. The Morgan fingerprint density at radius 1 is 1.14 bits per heavy atom. The Bertz CT molecular complexity index is 241. The van der Waals surface area contributed by atoms with Crippen molar-refractivity contribution in [1.29, 1.82) is 0 Å². The molecule has 0 fully saturated rings. The van der Waals surface area contributed by atoms with E-state index in [2.05, 4.69) is 36.5 Å². The maximum atomic E-state index is 5.53. The smallest absolute Gasteiger partial charge is 0.0178 e. The Balaban J connectivity index is 2.29. The lowest BCUT2D eigenvalue weighted by Gasteiger charge is -2.03. The van der Waals surface area contributed by atoms with Gasteiger partial charge in [-0.3, -0.25) is 0 Å². The minimum Gasteiger partial charge on any atom is -0.326 e. The molecule has 78 valence electrons. The fraction of sp³-hybridized carbons (Fsp3) is 0.500. The van der Waals surface area contributed by atoms with Crippen LogP contribution < -0.4 is 11.1 Å². The van der Waals surface area contributed by atoms with Gasteiger partial charge in [-0.1, -0.05) is 31.2 Å². The molecule has 0 aliphatic heterocycles. The van der Waals surface area contributed by atoms with E-state index in [1.54, 1.807) is 0 Å². The van der Waals surface area contributed by atoms with Crippen LogP contribution in [0.15, 0.2) is 24.3 Å². The third-order valence-corrected chi connectivity index (χ3v) is 2.33. The summed E-state index contributed by atoms with van der Waals surface area (Å²) in [6, 6.07) is 8.58. The summed E-state index contributed by atoms with van der Waals surface area (Å²) in [6.45, 7) is 4.94. The summed E-state index contributed by atoms with van der Waals surface area (Å²) in [5, 5.41) is 3.32. The molecular weight excluding hydrogens is 172 g/mol.